The second-order valence-corrected chi connectivity index (χ2v) is 5.89. The first-order valence-electron chi connectivity index (χ1n) is 6.51. The van der Waals surface area contributed by atoms with E-state index >= 15 is 0 Å². The normalized spacial score (nSPS) is 19.0. The van der Waals surface area contributed by atoms with Crippen molar-refractivity contribution >= 4 is 28.5 Å². The first-order valence-corrected chi connectivity index (χ1v) is 7.66. The molecule has 1 N–H and O–H groups in total. The zero-order valence-electron chi connectivity index (χ0n) is 10.6. The van der Waals surface area contributed by atoms with Gasteiger partial charge in [0, 0.05) is 17.2 Å². The van der Waals surface area contributed by atoms with E-state index in [0.29, 0.717) is 11.6 Å². The Morgan fingerprint density at radius 3 is 3.05 bits per heavy atom. The Kier molecular flexibility index (Phi) is 3.56. The lowest BCUT2D eigenvalue weighted by atomic mass is 10.1. The highest BCUT2D eigenvalue weighted by atomic mass is 32.2. The molecule has 0 radical (unpaired) electrons. The van der Waals surface area contributed by atoms with Crippen LogP contribution in [0, 0.1) is 11.3 Å². The zero-order chi connectivity index (χ0) is 13.1. The monoisotopic (exact) mass is 269 g/mol. The van der Waals surface area contributed by atoms with Gasteiger partial charge in [0.25, 0.3) is 0 Å². The number of pyridine rings is 1. The van der Waals surface area contributed by atoms with E-state index in [2.05, 4.69) is 16.4 Å². The number of fused-ring (bicyclic) bond motifs is 1. The third-order valence-electron chi connectivity index (χ3n) is 3.35. The fourth-order valence-corrected chi connectivity index (χ4v) is 3.48. The molecule has 2 aromatic rings. The molecule has 19 heavy (non-hydrogen) atoms. The summed E-state index contributed by atoms with van der Waals surface area (Å²) in [5.74, 6) is 3.20. The van der Waals surface area contributed by atoms with Gasteiger partial charge in [0.1, 0.15) is 5.82 Å². The maximum Gasteiger partial charge on any atom is 0.128 e. The largest absolute Gasteiger partial charge is 0.366 e. The summed E-state index contributed by atoms with van der Waals surface area (Å²) in [6.45, 7) is 0. The number of aromatic nitrogens is 1. The number of benzene rings is 1. The van der Waals surface area contributed by atoms with Gasteiger partial charge < -0.3 is 5.32 Å². The summed E-state index contributed by atoms with van der Waals surface area (Å²) in [6.07, 6.45) is 2.43. The zero-order valence-corrected chi connectivity index (χ0v) is 11.4. The van der Waals surface area contributed by atoms with Crippen LogP contribution < -0.4 is 5.32 Å². The molecule has 1 atom stereocenters. The average Bonchev–Trinajstić information content (AvgIpc) is 2.47. The average molecular weight is 269 g/mol. The van der Waals surface area contributed by atoms with Crippen LogP contribution in [0.4, 0.5) is 5.82 Å². The Bertz CT molecular complexity index is 627. The maximum atomic E-state index is 9.26. The quantitative estimate of drug-likeness (QED) is 0.907. The minimum absolute atomic E-state index is 0.471. The molecule has 1 aliphatic heterocycles. The summed E-state index contributed by atoms with van der Waals surface area (Å²) in [6, 6.07) is 12.4. The van der Waals surface area contributed by atoms with Gasteiger partial charge in [-0.3, -0.25) is 0 Å². The highest BCUT2D eigenvalue weighted by Crippen LogP contribution is 2.23. The van der Waals surface area contributed by atoms with Gasteiger partial charge >= 0.3 is 0 Å². The van der Waals surface area contributed by atoms with Gasteiger partial charge in [-0.05, 0) is 30.7 Å². The van der Waals surface area contributed by atoms with Crippen LogP contribution in [0.3, 0.4) is 0 Å². The Balaban J connectivity index is 1.93. The van der Waals surface area contributed by atoms with Crippen molar-refractivity contribution in [2.45, 2.75) is 18.9 Å². The van der Waals surface area contributed by atoms with Gasteiger partial charge in [0.15, 0.2) is 0 Å². The molecule has 1 aliphatic rings. The van der Waals surface area contributed by atoms with E-state index in [1.54, 1.807) is 0 Å². The molecule has 1 unspecified atom stereocenters. The smallest absolute Gasteiger partial charge is 0.128 e. The molecule has 2 heterocycles. The number of nitrogens with one attached hydrogen (secondary N) is 1. The number of nitriles is 1. The van der Waals surface area contributed by atoms with Gasteiger partial charge in [0.2, 0.25) is 0 Å². The Morgan fingerprint density at radius 2 is 2.26 bits per heavy atom. The summed E-state index contributed by atoms with van der Waals surface area (Å²) in [5.41, 5.74) is 1.57. The molecule has 0 aliphatic carbocycles. The molecule has 4 heteroatoms. The van der Waals surface area contributed by atoms with Gasteiger partial charge in [-0.2, -0.15) is 17.0 Å². The summed E-state index contributed by atoms with van der Waals surface area (Å²) in [4.78, 5) is 4.61. The molecule has 1 aromatic carbocycles. The number of rotatable bonds is 2. The number of anilines is 1. The van der Waals surface area contributed by atoms with Gasteiger partial charge in [-0.1, -0.05) is 18.2 Å². The minimum Gasteiger partial charge on any atom is -0.366 e. The van der Waals surface area contributed by atoms with Crippen molar-refractivity contribution in [3.63, 3.8) is 0 Å². The minimum atomic E-state index is 0.471. The lowest BCUT2D eigenvalue weighted by molar-refractivity contribution is 0.683. The van der Waals surface area contributed by atoms with E-state index in [4.69, 9.17) is 0 Å². The fourth-order valence-electron chi connectivity index (χ4n) is 2.41. The van der Waals surface area contributed by atoms with Crippen LogP contribution in [-0.4, -0.2) is 22.5 Å². The maximum absolute atomic E-state index is 9.26. The van der Waals surface area contributed by atoms with E-state index in [-0.39, 0.29) is 0 Å². The van der Waals surface area contributed by atoms with Crippen LogP contribution in [0.2, 0.25) is 0 Å². The van der Waals surface area contributed by atoms with Crippen molar-refractivity contribution in [1.29, 1.82) is 5.26 Å². The molecule has 96 valence electrons. The van der Waals surface area contributed by atoms with Crippen molar-refractivity contribution in [2.24, 2.45) is 0 Å². The lowest BCUT2D eigenvalue weighted by Crippen LogP contribution is -2.26. The SMILES string of the molecule is N#Cc1cc(NC2CCCSC2)nc2ccccc12. The van der Waals surface area contributed by atoms with Gasteiger partial charge in [0.05, 0.1) is 17.1 Å². The highest BCUT2D eigenvalue weighted by molar-refractivity contribution is 7.99. The Hall–Kier alpha value is -1.73. The van der Waals surface area contributed by atoms with Crippen LogP contribution in [0.1, 0.15) is 18.4 Å². The number of thioether (sulfide) groups is 1. The number of nitrogens with zero attached hydrogens (tertiary/aromatic N) is 2. The first kappa shape index (κ1) is 12.3. The van der Waals surface area contributed by atoms with Crippen molar-refractivity contribution < 1.29 is 0 Å². The van der Waals surface area contributed by atoms with Gasteiger partial charge in [-0.25, -0.2) is 4.98 Å². The van der Waals surface area contributed by atoms with E-state index in [1.165, 1.54) is 18.6 Å². The molecular weight excluding hydrogens is 254 g/mol. The molecule has 1 aromatic heterocycles. The summed E-state index contributed by atoms with van der Waals surface area (Å²) in [7, 11) is 0. The second kappa shape index (κ2) is 5.50. The van der Waals surface area contributed by atoms with Crippen molar-refractivity contribution in [2.75, 3.05) is 16.8 Å². The number of hydrogen-bond donors (Lipinski definition) is 1. The predicted octanol–water partition coefficient (Wildman–Crippen LogP) is 3.41. The molecule has 3 nitrogen and oxygen atoms in total. The van der Waals surface area contributed by atoms with Crippen molar-refractivity contribution in [1.82, 2.24) is 4.98 Å². The third-order valence-corrected chi connectivity index (χ3v) is 4.56. The molecule has 0 amide bonds. The summed E-state index contributed by atoms with van der Waals surface area (Å²) < 4.78 is 0. The fraction of sp³-hybridized carbons (Fsp3) is 0.333. The standard InChI is InChI=1S/C15H15N3S/c16-9-11-8-15(17-12-4-3-7-19-10-12)18-14-6-2-1-5-13(11)14/h1-2,5-6,8,12H,3-4,7,10H2,(H,17,18). The predicted molar refractivity (Wildman–Crippen MR) is 80.4 cm³/mol. The topological polar surface area (TPSA) is 48.7 Å². The van der Waals surface area contributed by atoms with Crippen LogP contribution >= 0.6 is 11.8 Å². The lowest BCUT2D eigenvalue weighted by Gasteiger charge is -2.23. The van der Waals surface area contributed by atoms with E-state index in [0.717, 1.165) is 22.5 Å². The van der Waals surface area contributed by atoms with Gasteiger partial charge in [-0.15, -0.1) is 0 Å². The first-order chi connectivity index (χ1) is 9.36. The molecular formula is C15H15N3S. The van der Waals surface area contributed by atoms with Crippen molar-refractivity contribution in [3.05, 3.63) is 35.9 Å². The van der Waals surface area contributed by atoms with Crippen LogP contribution in [0.5, 0.6) is 0 Å². The van der Waals surface area contributed by atoms with Crippen LogP contribution in [-0.2, 0) is 0 Å². The van der Waals surface area contributed by atoms with Crippen LogP contribution in [0.25, 0.3) is 10.9 Å². The molecule has 0 saturated carbocycles. The van der Waals surface area contributed by atoms with E-state index in [9.17, 15) is 5.26 Å². The Morgan fingerprint density at radius 1 is 1.37 bits per heavy atom. The molecule has 1 fully saturated rings. The van der Waals surface area contributed by atoms with Crippen LogP contribution in [0.15, 0.2) is 30.3 Å². The second-order valence-electron chi connectivity index (χ2n) is 4.74. The third kappa shape index (κ3) is 2.66. The molecule has 3 rings (SSSR count). The number of para-hydroxylation sites is 1. The van der Waals surface area contributed by atoms with E-state index < -0.39 is 0 Å². The highest BCUT2D eigenvalue weighted by Gasteiger charge is 2.14. The molecule has 0 spiro atoms. The number of hydrogen-bond acceptors (Lipinski definition) is 4. The molecule has 0 bridgehead atoms. The van der Waals surface area contributed by atoms with E-state index in [1.807, 2.05) is 42.1 Å². The summed E-state index contributed by atoms with van der Waals surface area (Å²) >= 11 is 1.98. The van der Waals surface area contributed by atoms with Crippen molar-refractivity contribution in [3.8, 4) is 6.07 Å². The summed E-state index contributed by atoms with van der Waals surface area (Å²) in [5, 5.41) is 13.6. The Labute approximate surface area is 117 Å². The molecule has 1 saturated heterocycles.